The number of nitrogens with one attached hydrogen (secondary N) is 2. The smallest absolute Gasteiger partial charge is 0.251 e. The van der Waals surface area contributed by atoms with Crippen LogP contribution >= 0.6 is 0 Å². The number of benzene rings is 1. The summed E-state index contributed by atoms with van der Waals surface area (Å²) in [4.78, 5) is 21.2. The largest absolute Gasteiger partial charge is 0.383 e. The Balaban J connectivity index is 1.27. The van der Waals surface area contributed by atoms with Crippen LogP contribution in [0.5, 0.6) is 0 Å². The van der Waals surface area contributed by atoms with Crippen LogP contribution in [0.2, 0.25) is 0 Å². The topological polar surface area (TPSA) is 115 Å². The van der Waals surface area contributed by atoms with Gasteiger partial charge in [-0.1, -0.05) is 30.3 Å². The number of amides is 1. The van der Waals surface area contributed by atoms with E-state index >= 15 is 0 Å². The molecule has 3 aromatic heterocycles. The summed E-state index contributed by atoms with van der Waals surface area (Å²) in [6, 6.07) is 15.3. The molecule has 1 aliphatic rings. The Bertz CT molecular complexity index is 1240. The highest BCUT2D eigenvalue weighted by molar-refractivity contribution is 5.81. The van der Waals surface area contributed by atoms with Crippen molar-refractivity contribution >= 4 is 29.0 Å². The zero-order valence-electron chi connectivity index (χ0n) is 18.3. The number of hydrogen-bond acceptors (Lipinski definition) is 7. The van der Waals surface area contributed by atoms with Crippen LogP contribution in [0.1, 0.15) is 11.3 Å². The maximum atomic E-state index is 12.7. The number of aryl methyl sites for hydroxylation is 1. The van der Waals surface area contributed by atoms with Crippen molar-refractivity contribution in [1.29, 1.82) is 0 Å². The van der Waals surface area contributed by atoms with Crippen molar-refractivity contribution in [3.63, 3.8) is 0 Å². The van der Waals surface area contributed by atoms with E-state index in [1.807, 2.05) is 66.6 Å². The molecule has 33 heavy (non-hydrogen) atoms. The molecule has 1 amide bonds. The van der Waals surface area contributed by atoms with E-state index in [0.717, 1.165) is 16.8 Å². The van der Waals surface area contributed by atoms with Gasteiger partial charge in [0.25, 0.3) is 5.91 Å². The molecular weight excluding hydrogens is 420 g/mol. The van der Waals surface area contributed by atoms with Crippen molar-refractivity contribution in [2.75, 3.05) is 36.4 Å². The van der Waals surface area contributed by atoms with E-state index in [0.29, 0.717) is 50.2 Å². The average molecular weight is 447 g/mol. The van der Waals surface area contributed by atoms with Crippen LogP contribution in [0, 0.1) is 6.92 Å². The predicted molar refractivity (Wildman–Crippen MR) is 125 cm³/mol. The molecule has 1 aromatic carbocycles. The molecular formula is C23H26N8O2. The number of aliphatic hydroxyl groups excluding tert-OH is 1. The molecule has 0 spiro atoms. The van der Waals surface area contributed by atoms with Gasteiger partial charge in [0.15, 0.2) is 11.6 Å². The fourth-order valence-corrected chi connectivity index (χ4v) is 4.01. The maximum absolute atomic E-state index is 12.7. The molecule has 1 atom stereocenters. The Morgan fingerprint density at radius 3 is 2.67 bits per heavy atom. The number of nitrogens with zero attached hydrogens (tertiary/aromatic N) is 6. The SMILES string of the molecule is Cc1cc(Nc2nc(N3CCN(C(=O)[C@@H](O)Cc4ccccc4)CC3)nn3cccc23)n[nH]1. The van der Waals surface area contributed by atoms with Crippen molar-refractivity contribution in [2.24, 2.45) is 0 Å². The molecule has 3 N–H and O–H groups in total. The van der Waals surface area contributed by atoms with Gasteiger partial charge >= 0.3 is 0 Å². The first-order valence-electron chi connectivity index (χ1n) is 11.0. The van der Waals surface area contributed by atoms with Gasteiger partial charge in [-0.05, 0) is 24.6 Å². The number of carbonyl (C=O) groups excluding carboxylic acids is 1. The van der Waals surface area contributed by atoms with E-state index in [9.17, 15) is 9.90 Å². The number of aromatic nitrogens is 5. The lowest BCUT2D eigenvalue weighted by atomic mass is 10.1. The summed E-state index contributed by atoms with van der Waals surface area (Å²) in [7, 11) is 0. The summed E-state index contributed by atoms with van der Waals surface area (Å²) in [5.41, 5.74) is 2.74. The van der Waals surface area contributed by atoms with Gasteiger partial charge in [-0.15, -0.1) is 5.10 Å². The number of fused-ring (bicyclic) bond motifs is 1. The van der Waals surface area contributed by atoms with Gasteiger partial charge in [0.2, 0.25) is 5.95 Å². The first kappa shape index (κ1) is 21.0. The Labute approximate surface area is 190 Å². The first-order chi connectivity index (χ1) is 16.1. The van der Waals surface area contributed by atoms with Crippen LogP contribution in [0.25, 0.3) is 5.52 Å². The molecule has 0 saturated carbocycles. The van der Waals surface area contributed by atoms with Crippen molar-refractivity contribution in [1.82, 2.24) is 29.7 Å². The summed E-state index contributed by atoms with van der Waals surface area (Å²) in [5, 5.41) is 25.5. The number of carbonyl (C=O) groups is 1. The Hall–Kier alpha value is -3.92. The fourth-order valence-electron chi connectivity index (χ4n) is 4.01. The summed E-state index contributed by atoms with van der Waals surface area (Å²) >= 11 is 0. The minimum absolute atomic E-state index is 0.239. The molecule has 5 rings (SSSR count). The number of hydrogen-bond donors (Lipinski definition) is 3. The summed E-state index contributed by atoms with van der Waals surface area (Å²) in [6.45, 7) is 4.10. The number of aliphatic hydroxyl groups is 1. The van der Waals surface area contributed by atoms with Crippen LogP contribution in [0.15, 0.2) is 54.7 Å². The first-order valence-corrected chi connectivity index (χ1v) is 11.0. The molecule has 170 valence electrons. The molecule has 4 heterocycles. The highest BCUT2D eigenvalue weighted by atomic mass is 16.3. The molecule has 4 aromatic rings. The molecule has 1 fully saturated rings. The van der Waals surface area contributed by atoms with Gasteiger partial charge < -0.3 is 20.2 Å². The van der Waals surface area contributed by atoms with E-state index in [2.05, 4.69) is 20.6 Å². The lowest BCUT2D eigenvalue weighted by molar-refractivity contribution is -0.140. The van der Waals surface area contributed by atoms with Crippen molar-refractivity contribution in [3.05, 3.63) is 66.0 Å². The molecule has 10 nitrogen and oxygen atoms in total. The molecule has 10 heteroatoms. The second-order valence-corrected chi connectivity index (χ2v) is 8.18. The summed E-state index contributed by atoms with van der Waals surface area (Å²) < 4.78 is 1.78. The second-order valence-electron chi connectivity index (χ2n) is 8.18. The minimum atomic E-state index is -1.04. The van der Waals surface area contributed by atoms with Gasteiger partial charge in [0.05, 0.1) is 0 Å². The molecule has 0 aliphatic carbocycles. The molecule has 1 aliphatic heterocycles. The van der Waals surface area contributed by atoms with Crippen molar-refractivity contribution < 1.29 is 9.90 Å². The van der Waals surface area contributed by atoms with E-state index in [1.54, 1.807) is 9.42 Å². The molecule has 1 saturated heterocycles. The maximum Gasteiger partial charge on any atom is 0.251 e. The third-order valence-corrected chi connectivity index (χ3v) is 5.76. The predicted octanol–water partition coefficient (Wildman–Crippen LogP) is 1.76. The third kappa shape index (κ3) is 4.51. The van der Waals surface area contributed by atoms with Crippen LogP contribution in [0.3, 0.4) is 0 Å². The lowest BCUT2D eigenvalue weighted by Crippen LogP contribution is -2.52. The molecule has 0 unspecified atom stereocenters. The van der Waals surface area contributed by atoms with E-state index in [1.165, 1.54) is 0 Å². The van der Waals surface area contributed by atoms with Crippen molar-refractivity contribution in [2.45, 2.75) is 19.4 Å². The van der Waals surface area contributed by atoms with E-state index < -0.39 is 6.10 Å². The third-order valence-electron chi connectivity index (χ3n) is 5.76. The van der Waals surface area contributed by atoms with Crippen molar-refractivity contribution in [3.8, 4) is 0 Å². The van der Waals surface area contributed by atoms with Gasteiger partial charge in [0.1, 0.15) is 11.6 Å². The number of H-pyrrole nitrogens is 1. The second kappa shape index (κ2) is 8.91. The monoisotopic (exact) mass is 446 g/mol. The van der Waals surface area contributed by atoms with Gasteiger partial charge in [-0.2, -0.15) is 10.1 Å². The number of piperazine rings is 1. The van der Waals surface area contributed by atoms with Gasteiger partial charge in [-0.3, -0.25) is 9.89 Å². The van der Waals surface area contributed by atoms with Crippen LogP contribution < -0.4 is 10.2 Å². The zero-order valence-corrected chi connectivity index (χ0v) is 18.3. The Morgan fingerprint density at radius 1 is 1.15 bits per heavy atom. The van der Waals surface area contributed by atoms with Crippen LogP contribution in [-0.2, 0) is 11.2 Å². The van der Waals surface area contributed by atoms with E-state index in [-0.39, 0.29) is 5.91 Å². The highest BCUT2D eigenvalue weighted by Crippen LogP contribution is 2.22. The van der Waals surface area contributed by atoms with Gasteiger partial charge in [0, 0.05) is 50.6 Å². The summed E-state index contributed by atoms with van der Waals surface area (Å²) in [6.07, 6.45) is 1.15. The number of anilines is 3. The standard InChI is InChI=1S/C23H26N8O2/c1-16-14-20(27-26-16)24-21-18-8-5-9-31(18)28-23(25-21)30-12-10-29(11-13-30)22(33)19(32)15-17-6-3-2-4-7-17/h2-9,14,19,32H,10-13,15H2,1H3,(H2,24,25,26,27,28)/t19-/m0/s1. The quantitative estimate of drug-likeness (QED) is 0.413. The Morgan fingerprint density at radius 2 is 1.94 bits per heavy atom. The molecule has 0 radical (unpaired) electrons. The normalized spacial score (nSPS) is 15.1. The van der Waals surface area contributed by atoms with Gasteiger partial charge in [-0.25, -0.2) is 4.52 Å². The van der Waals surface area contributed by atoms with Crippen LogP contribution in [0.4, 0.5) is 17.6 Å². The average Bonchev–Trinajstić information content (AvgIpc) is 3.48. The van der Waals surface area contributed by atoms with E-state index in [4.69, 9.17) is 4.98 Å². The molecule has 0 bridgehead atoms. The fraction of sp³-hybridized carbons (Fsp3) is 0.304. The highest BCUT2D eigenvalue weighted by Gasteiger charge is 2.27. The zero-order chi connectivity index (χ0) is 22.8. The van der Waals surface area contributed by atoms with Crippen LogP contribution in [-0.4, -0.2) is 73.0 Å². The Kier molecular flexibility index (Phi) is 5.66. The summed E-state index contributed by atoms with van der Waals surface area (Å²) in [5.74, 6) is 1.68. The number of rotatable bonds is 6. The number of aromatic amines is 1. The minimum Gasteiger partial charge on any atom is -0.383 e. The lowest BCUT2D eigenvalue weighted by Gasteiger charge is -2.35.